The lowest BCUT2D eigenvalue weighted by Crippen LogP contribution is -2.44. The van der Waals surface area contributed by atoms with Crippen LogP contribution in [0.1, 0.15) is 26.7 Å². The van der Waals surface area contributed by atoms with Gasteiger partial charge in [-0.1, -0.05) is 0 Å². The van der Waals surface area contributed by atoms with Crippen molar-refractivity contribution in [3.63, 3.8) is 0 Å². The Kier molecular flexibility index (Phi) is 5.20. The van der Waals surface area contributed by atoms with Crippen LogP contribution in [0.15, 0.2) is 18.2 Å². The minimum absolute atomic E-state index is 0.0267. The first-order chi connectivity index (χ1) is 11.0. The van der Waals surface area contributed by atoms with Gasteiger partial charge in [-0.2, -0.15) is 0 Å². The number of benzene rings is 1. The molecule has 0 bridgehead atoms. The van der Waals surface area contributed by atoms with Crippen LogP contribution in [0.5, 0.6) is 5.75 Å². The Bertz CT molecular complexity index is 629. The summed E-state index contributed by atoms with van der Waals surface area (Å²) in [7, 11) is 1.28. The fraction of sp³-hybridized carbons (Fsp3) is 0.438. The summed E-state index contributed by atoms with van der Waals surface area (Å²) in [5.74, 6) is -0.262. The molecule has 124 valence electrons. The van der Waals surface area contributed by atoms with E-state index in [2.05, 4.69) is 10.1 Å². The van der Waals surface area contributed by atoms with Gasteiger partial charge in [0.25, 0.3) is 5.91 Å². The number of likely N-dealkylation sites (N-methyl/N-ethyl adjacent to an activating group) is 1. The lowest BCUT2D eigenvalue weighted by molar-refractivity contribution is -0.141. The summed E-state index contributed by atoms with van der Waals surface area (Å²) in [6, 6.07) is 5.11. The molecule has 1 aromatic rings. The molecular formula is C16H20N2O5. The highest BCUT2D eigenvalue weighted by Crippen LogP contribution is 2.36. The third-order valence-electron chi connectivity index (χ3n) is 3.55. The first kappa shape index (κ1) is 16.8. The van der Waals surface area contributed by atoms with E-state index in [1.807, 2.05) is 6.92 Å². The minimum Gasteiger partial charge on any atom is -0.479 e. The highest BCUT2D eigenvalue weighted by atomic mass is 16.5. The summed E-state index contributed by atoms with van der Waals surface area (Å²) >= 11 is 0. The van der Waals surface area contributed by atoms with Crippen molar-refractivity contribution in [2.45, 2.75) is 32.8 Å². The first-order valence-corrected chi connectivity index (χ1v) is 7.45. The van der Waals surface area contributed by atoms with Gasteiger partial charge in [0.2, 0.25) is 5.91 Å². The highest BCUT2D eigenvalue weighted by Gasteiger charge is 2.30. The van der Waals surface area contributed by atoms with E-state index in [0.717, 1.165) is 0 Å². The molecule has 0 aliphatic carbocycles. The average molecular weight is 320 g/mol. The molecule has 23 heavy (non-hydrogen) atoms. The van der Waals surface area contributed by atoms with Crippen molar-refractivity contribution in [2.75, 3.05) is 23.9 Å². The van der Waals surface area contributed by atoms with Gasteiger partial charge in [-0.3, -0.25) is 14.4 Å². The molecule has 7 nitrogen and oxygen atoms in total. The highest BCUT2D eigenvalue weighted by molar-refractivity contribution is 6.00. The lowest BCUT2D eigenvalue weighted by atomic mass is 10.1. The first-order valence-electron chi connectivity index (χ1n) is 7.45. The maximum absolute atomic E-state index is 12.0. The molecule has 1 unspecified atom stereocenters. The standard InChI is InChI=1S/C16H20N2O5/c1-4-18-12-6-5-11(9-13(12)23-10(2)16(18)21)17-14(19)7-8-15(20)22-3/h5-6,9-10H,4,7-8H2,1-3H3,(H,17,19). The zero-order valence-electron chi connectivity index (χ0n) is 13.4. The van der Waals surface area contributed by atoms with Crippen molar-refractivity contribution in [1.82, 2.24) is 0 Å². The van der Waals surface area contributed by atoms with Crippen LogP contribution in [0.3, 0.4) is 0 Å². The lowest BCUT2D eigenvalue weighted by Gasteiger charge is -2.32. The van der Waals surface area contributed by atoms with E-state index >= 15 is 0 Å². The Morgan fingerprint density at radius 1 is 1.35 bits per heavy atom. The second-order valence-corrected chi connectivity index (χ2v) is 5.15. The Hall–Kier alpha value is -2.57. The van der Waals surface area contributed by atoms with Gasteiger partial charge in [-0.05, 0) is 26.0 Å². The molecule has 0 saturated carbocycles. The molecule has 0 spiro atoms. The number of rotatable bonds is 5. The largest absolute Gasteiger partial charge is 0.479 e. The normalized spacial score (nSPS) is 16.4. The molecule has 1 heterocycles. The average Bonchev–Trinajstić information content (AvgIpc) is 2.54. The number of methoxy groups -OCH3 is 1. The van der Waals surface area contributed by atoms with Gasteiger partial charge in [0, 0.05) is 24.7 Å². The molecule has 0 radical (unpaired) electrons. The molecule has 1 aliphatic rings. The number of carbonyl (C=O) groups is 3. The van der Waals surface area contributed by atoms with Crippen molar-refractivity contribution in [2.24, 2.45) is 0 Å². The number of anilines is 2. The van der Waals surface area contributed by atoms with Gasteiger partial charge >= 0.3 is 5.97 Å². The number of nitrogens with one attached hydrogen (secondary N) is 1. The van der Waals surface area contributed by atoms with Crippen molar-refractivity contribution in [3.8, 4) is 5.75 Å². The summed E-state index contributed by atoms with van der Waals surface area (Å²) in [5.41, 5.74) is 1.24. The van der Waals surface area contributed by atoms with E-state index in [1.165, 1.54) is 7.11 Å². The van der Waals surface area contributed by atoms with E-state index < -0.39 is 12.1 Å². The number of hydrogen-bond donors (Lipinski definition) is 1. The Labute approximate surface area is 134 Å². The second kappa shape index (κ2) is 7.13. The molecule has 2 amide bonds. The van der Waals surface area contributed by atoms with Gasteiger partial charge in [0.15, 0.2) is 6.10 Å². The second-order valence-electron chi connectivity index (χ2n) is 5.15. The number of nitrogens with zero attached hydrogens (tertiary/aromatic N) is 1. The Morgan fingerprint density at radius 3 is 2.74 bits per heavy atom. The third kappa shape index (κ3) is 3.80. The Balaban J connectivity index is 2.09. The van der Waals surface area contributed by atoms with Crippen LogP contribution < -0.4 is 15.0 Å². The van der Waals surface area contributed by atoms with Gasteiger partial charge in [0.1, 0.15) is 5.75 Å². The van der Waals surface area contributed by atoms with Crippen LogP contribution in [-0.4, -0.2) is 37.5 Å². The summed E-state index contributed by atoms with van der Waals surface area (Å²) < 4.78 is 10.1. The van der Waals surface area contributed by atoms with Gasteiger partial charge in [-0.15, -0.1) is 0 Å². The molecule has 1 N–H and O–H groups in total. The number of esters is 1. The van der Waals surface area contributed by atoms with Crippen LogP contribution in [0.4, 0.5) is 11.4 Å². The monoisotopic (exact) mass is 320 g/mol. The summed E-state index contributed by atoms with van der Waals surface area (Å²) in [6.07, 6.45) is -0.493. The minimum atomic E-state index is -0.562. The molecule has 0 fully saturated rings. The molecule has 1 aromatic carbocycles. The van der Waals surface area contributed by atoms with E-state index in [9.17, 15) is 14.4 Å². The van der Waals surface area contributed by atoms with Crippen molar-refractivity contribution >= 4 is 29.2 Å². The molecule has 0 aromatic heterocycles. The maximum Gasteiger partial charge on any atom is 0.306 e. The fourth-order valence-corrected chi connectivity index (χ4v) is 2.36. The van der Waals surface area contributed by atoms with Crippen molar-refractivity contribution in [3.05, 3.63) is 18.2 Å². The van der Waals surface area contributed by atoms with Crippen LogP contribution in [0, 0.1) is 0 Å². The van der Waals surface area contributed by atoms with Crippen LogP contribution in [-0.2, 0) is 19.1 Å². The van der Waals surface area contributed by atoms with Crippen LogP contribution in [0.2, 0.25) is 0 Å². The maximum atomic E-state index is 12.0. The zero-order chi connectivity index (χ0) is 17.0. The predicted octanol–water partition coefficient (Wildman–Crippen LogP) is 1.71. The van der Waals surface area contributed by atoms with E-state index in [0.29, 0.717) is 23.7 Å². The zero-order valence-corrected chi connectivity index (χ0v) is 13.4. The van der Waals surface area contributed by atoms with Crippen LogP contribution >= 0.6 is 0 Å². The molecule has 2 rings (SSSR count). The van der Waals surface area contributed by atoms with E-state index in [-0.39, 0.29) is 24.7 Å². The van der Waals surface area contributed by atoms with E-state index in [1.54, 1.807) is 30.0 Å². The quantitative estimate of drug-likeness (QED) is 0.835. The molecule has 0 saturated heterocycles. The number of carbonyl (C=O) groups excluding carboxylic acids is 3. The summed E-state index contributed by atoms with van der Waals surface area (Å²) in [5, 5.41) is 2.70. The topological polar surface area (TPSA) is 84.9 Å². The van der Waals surface area contributed by atoms with E-state index in [4.69, 9.17) is 4.74 Å². The molecule has 1 aliphatic heterocycles. The van der Waals surface area contributed by atoms with Crippen molar-refractivity contribution < 1.29 is 23.9 Å². The smallest absolute Gasteiger partial charge is 0.306 e. The summed E-state index contributed by atoms with van der Waals surface area (Å²) in [4.78, 5) is 36.5. The molecule has 7 heteroatoms. The fourth-order valence-electron chi connectivity index (χ4n) is 2.36. The van der Waals surface area contributed by atoms with Gasteiger partial charge in [-0.25, -0.2) is 0 Å². The molecular weight excluding hydrogens is 300 g/mol. The number of fused-ring (bicyclic) bond motifs is 1. The third-order valence-corrected chi connectivity index (χ3v) is 3.55. The predicted molar refractivity (Wildman–Crippen MR) is 84.4 cm³/mol. The number of ether oxygens (including phenoxy) is 2. The van der Waals surface area contributed by atoms with Gasteiger partial charge in [0.05, 0.1) is 19.2 Å². The van der Waals surface area contributed by atoms with Crippen LogP contribution in [0.25, 0.3) is 0 Å². The SMILES string of the molecule is CCN1C(=O)C(C)Oc2cc(NC(=O)CCC(=O)OC)ccc21. The van der Waals surface area contributed by atoms with Crippen molar-refractivity contribution in [1.29, 1.82) is 0 Å². The summed E-state index contributed by atoms with van der Waals surface area (Å²) in [6.45, 7) is 4.13. The number of amides is 2. The van der Waals surface area contributed by atoms with Gasteiger partial charge < -0.3 is 19.7 Å². The Morgan fingerprint density at radius 2 is 2.09 bits per heavy atom. The number of hydrogen-bond acceptors (Lipinski definition) is 5. The molecule has 1 atom stereocenters.